The number of fused-ring (bicyclic) bond motifs is 1. The number of halogens is 2. The summed E-state index contributed by atoms with van der Waals surface area (Å²) < 4.78 is 0. The van der Waals surface area contributed by atoms with Gasteiger partial charge in [-0.3, -0.25) is 14.6 Å². The Balaban J connectivity index is 1.31. The first-order chi connectivity index (χ1) is 16.1. The second-order valence-electron chi connectivity index (χ2n) is 10.5. The minimum Gasteiger partial charge on any atom is -0.315 e. The van der Waals surface area contributed by atoms with E-state index in [0.717, 1.165) is 68.1 Å². The summed E-state index contributed by atoms with van der Waals surface area (Å²) >= 11 is 13.9. The average Bonchev–Trinajstić information content (AvgIpc) is 3.12. The first-order valence-corrected chi connectivity index (χ1v) is 13.4. The largest absolute Gasteiger partial charge is 0.315 e. The first kappa shape index (κ1) is 25.5. The van der Waals surface area contributed by atoms with E-state index in [2.05, 4.69) is 42.0 Å². The Bertz CT molecular complexity index is 1090. The molecule has 4 rings (SSSR count). The fourth-order valence-corrected chi connectivity index (χ4v) is 6.66. The number of rotatable bonds is 5. The van der Waals surface area contributed by atoms with Crippen LogP contribution in [0.2, 0.25) is 10.0 Å². The fraction of sp³-hybridized carbons (Fsp3) is 0.538. The quantitative estimate of drug-likeness (QED) is 0.540. The van der Waals surface area contributed by atoms with Crippen LogP contribution in [0.4, 0.5) is 5.00 Å². The number of thiophene rings is 1. The van der Waals surface area contributed by atoms with E-state index in [-0.39, 0.29) is 11.3 Å². The van der Waals surface area contributed by atoms with Crippen LogP contribution in [0.3, 0.4) is 0 Å². The lowest BCUT2D eigenvalue weighted by molar-refractivity contribution is -0.117. The van der Waals surface area contributed by atoms with Gasteiger partial charge in [0.1, 0.15) is 11.1 Å². The van der Waals surface area contributed by atoms with E-state index >= 15 is 0 Å². The highest BCUT2D eigenvalue weighted by molar-refractivity contribution is 7.16. The molecule has 1 saturated heterocycles. The number of benzene rings is 1. The van der Waals surface area contributed by atoms with E-state index in [9.17, 15) is 10.1 Å². The van der Waals surface area contributed by atoms with Gasteiger partial charge in [-0.25, -0.2) is 0 Å². The van der Waals surface area contributed by atoms with Crippen molar-refractivity contribution in [2.24, 2.45) is 11.3 Å². The van der Waals surface area contributed by atoms with Crippen molar-refractivity contribution >= 4 is 45.4 Å². The third-order valence-corrected chi connectivity index (χ3v) is 8.85. The van der Waals surface area contributed by atoms with E-state index in [1.54, 1.807) is 17.4 Å². The van der Waals surface area contributed by atoms with Gasteiger partial charge in [-0.15, -0.1) is 11.3 Å². The van der Waals surface area contributed by atoms with Gasteiger partial charge in [0.25, 0.3) is 0 Å². The van der Waals surface area contributed by atoms with E-state index in [0.29, 0.717) is 28.1 Å². The molecule has 0 spiro atoms. The minimum absolute atomic E-state index is 0.0448. The van der Waals surface area contributed by atoms with Crippen LogP contribution in [0.1, 0.15) is 48.8 Å². The van der Waals surface area contributed by atoms with Crippen molar-refractivity contribution in [2.45, 2.75) is 46.6 Å². The van der Waals surface area contributed by atoms with Crippen LogP contribution >= 0.6 is 34.5 Å². The van der Waals surface area contributed by atoms with Crippen LogP contribution in [-0.4, -0.2) is 48.4 Å². The molecule has 5 nitrogen and oxygen atoms in total. The van der Waals surface area contributed by atoms with Crippen molar-refractivity contribution in [3.63, 3.8) is 0 Å². The standard InChI is InChI=1S/C26H32Cl2N4OS/c1-26(2,3)18-5-7-20-21(14-29)25(34-23(20)12-18)30-24(33)16-32-10-8-31(9-11-32)15-17-4-6-19(27)13-22(17)28/h4,6,13,18H,5,7-12,15-16H2,1-3H3,(H,30,33). The smallest absolute Gasteiger partial charge is 0.239 e. The van der Waals surface area contributed by atoms with Gasteiger partial charge < -0.3 is 5.32 Å². The molecule has 8 heteroatoms. The maximum atomic E-state index is 12.8. The molecule has 2 aliphatic rings. The second kappa shape index (κ2) is 10.6. The average molecular weight is 520 g/mol. The Hall–Kier alpha value is -1.62. The number of anilines is 1. The molecule has 1 fully saturated rings. The van der Waals surface area contributed by atoms with Gasteiger partial charge in [-0.1, -0.05) is 50.0 Å². The highest BCUT2D eigenvalue weighted by Crippen LogP contribution is 2.44. The molecule has 1 N–H and O–H groups in total. The molecule has 34 heavy (non-hydrogen) atoms. The van der Waals surface area contributed by atoms with Gasteiger partial charge in [0.2, 0.25) is 5.91 Å². The predicted octanol–water partition coefficient (Wildman–Crippen LogP) is 5.83. The zero-order valence-corrected chi connectivity index (χ0v) is 22.4. The Morgan fingerprint density at radius 1 is 1.21 bits per heavy atom. The second-order valence-corrected chi connectivity index (χ2v) is 12.4. The number of nitrogens with zero attached hydrogens (tertiary/aromatic N) is 3. The maximum absolute atomic E-state index is 12.8. The summed E-state index contributed by atoms with van der Waals surface area (Å²) in [6, 6.07) is 7.98. The number of nitriles is 1. The molecule has 1 amide bonds. The molecule has 1 aromatic carbocycles. The molecule has 182 valence electrons. The fourth-order valence-electron chi connectivity index (χ4n) is 4.90. The van der Waals surface area contributed by atoms with Crippen molar-refractivity contribution in [2.75, 3.05) is 38.0 Å². The van der Waals surface area contributed by atoms with Crippen molar-refractivity contribution in [1.82, 2.24) is 9.80 Å². The van der Waals surface area contributed by atoms with E-state index in [1.807, 2.05) is 12.1 Å². The molecule has 0 bridgehead atoms. The molecule has 1 atom stereocenters. The number of amides is 1. The lowest BCUT2D eigenvalue weighted by atomic mass is 9.72. The molecule has 1 aliphatic carbocycles. The number of piperazine rings is 1. The summed E-state index contributed by atoms with van der Waals surface area (Å²) in [4.78, 5) is 18.6. The maximum Gasteiger partial charge on any atom is 0.239 e. The minimum atomic E-state index is -0.0448. The van der Waals surface area contributed by atoms with Crippen molar-refractivity contribution < 1.29 is 4.79 Å². The van der Waals surface area contributed by atoms with Crippen LogP contribution in [0.5, 0.6) is 0 Å². The molecular formula is C26H32Cl2N4OS. The molecule has 0 radical (unpaired) electrons. The zero-order chi connectivity index (χ0) is 24.5. The number of carbonyl (C=O) groups is 1. The molecular weight excluding hydrogens is 487 g/mol. The highest BCUT2D eigenvalue weighted by atomic mass is 35.5. The van der Waals surface area contributed by atoms with Crippen LogP contribution in [0.25, 0.3) is 0 Å². The summed E-state index contributed by atoms with van der Waals surface area (Å²) in [6.07, 6.45) is 3.01. The van der Waals surface area contributed by atoms with Crippen LogP contribution < -0.4 is 5.32 Å². The Labute approximate surface area is 216 Å². The molecule has 2 aromatic rings. The van der Waals surface area contributed by atoms with E-state index < -0.39 is 0 Å². The predicted molar refractivity (Wildman–Crippen MR) is 141 cm³/mol. The normalized spacial score (nSPS) is 19.5. The topological polar surface area (TPSA) is 59.4 Å². The van der Waals surface area contributed by atoms with Crippen LogP contribution in [-0.2, 0) is 24.2 Å². The molecule has 1 unspecified atom stereocenters. The Kier molecular flexibility index (Phi) is 7.91. The lowest BCUT2D eigenvalue weighted by Crippen LogP contribution is -2.48. The van der Waals surface area contributed by atoms with E-state index in [4.69, 9.17) is 23.2 Å². The zero-order valence-electron chi connectivity index (χ0n) is 20.1. The van der Waals surface area contributed by atoms with Gasteiger partial charge in [0, 0.05) is 47.6 Å². The third-order valence-electron chi connectivity index (χ3n) is 7.10. The molecule has 2 heterocycles. The summed E-state index contributed by atoms with van der Waals surface area (Å²) in [7, 11) is 0. The SMILES string of the molecule is CC(C)(C)C1CCc2c(sc(NC(=O)CN3CCN(Cc4ccc(Cl)cc4Cl)CC3)c2C#N)C1. The van der Waals surface area contributed by atoms with Gasteiger partial charge >= 0.3 is 0 Å². The van der Waals surface area contributed by atoms with E-state index in [1.165, 1.54) is 4.88 Å². The monoisotopic (exact) mass is 518 g/mol. The summed E-state index contributed by atoms with van der Waals surface area (Å²) in [5.41, 5.74) is 3.14. The van der Waals surface area contributed by atoms with Crippen LogP contribution in [0, 0.1) is 22.7 Å². The summed E-state index contributed by atoms with van der Waals surface area (Å²) in [6.45, 7) is 11.4. The number of hydrogen-bond acceptors (Lipinski definition) is 5. The molecule has 1 aromatic heterocycles. The lowest BCUT2D eigenvalue weighted by Gasteiger charge is -2.34. The molecule has 1 aliphatic heterocycles. The van der Waals surface area contributed by atoms with Gasteiger partial charge in [-0.2, -0.15) is 5.26 Å². The van der Waals surface area contributed by atoms with Gasteiger partial charge in [-0.05, 0) is 53.9 Å². The van der Waals surface area contributed by atoms with Crippen molar-refractivity contribution in [1.29, 1.82) is 5.26 Å². The van der Waals surface area contributed by atoms with Crippen LogP contribution in [0.15, 0.2) is 18.2 Å². The summed E-state index contributed by atoms with van der Waals surface area (Å²) in [5, 5.41) is 14.9. The molecule has 0 saturated carbocycles. The number of nitrogens with one attached hydrogen (secondary N) is 1. The Morgan fingerprint density at radius 2 is 1.91 bits per heavy atom. The number of hydrogen-bond donors (Lipinski definition) is 1. The Morgan fingerprint density at radius 3 is 2.56 bits per heavy atom. The number of carbonyl (C=O) groups excluding carboxylic acids is 1. The van der Waals surface area contributed by atoms with Gasteiger partial charge in [0.15, 0.2) is 0 Å². The van der Waals surface area contributed by atoms with Gasteiger partial charge in [0.05, 0.1) is 12.1 Å². The van der Waals surface area contributed by atoms with Crippen molar-refractivity contribution in [3.8, 4) is 6.07 Å². The van der Waals surface area contributed by atoms with Crippen molar-refractivity contribution in [3.05, 3.63) is 49.8 Å². The highest BCUT2D eigenvalue weighted by Gasteiger charge is 2.32. The first-order valence-electron chi connectivity index (χ1n) is 11.9. The third kappa shape index (κ3) is 5.95. The summed E-state index contributed by atoms with van der Waals surface area (Å²) in [5.74, 6) is 0.560.